The number of hydrogen-bond acceptors (Lipinski definition) is 3. The molecule has 0 spiro atoms. The minimum atomic E-state index is -3.34. The number of hydrogen-bond donors (Lipinski definition) is 1. The van der Waals surface area contributed by atoms with Crippen LogP contribution in [0.1, 0.15) is 25.3 Å². The summed E-state index contributed by atoms with van der Waals surface area (Å²) in [5, 5.41) is 8.85. The average Bonchev–Trinajstić information content (AvgIpc) is 2.89. The first kappa shape index (κ1) is 14.5. The molecule has 106 valence electrons. The summed E-state index contributed by atoms with van der Waals surface area (Å²) in [7, 11) is -3.34. The molecule has 1 aromatic rings. The van der Waals surface area contributed by atoms with E-state index in [1.54, 1.807) is 28.6 Å². The fraction of sp³-hybridized carbons (Fsp3) is 0.571. The molecule has 1 aromatic carbocycles. The maximum absolute atomic E-state index is 12.4. The lowest BCUT2D eigenvalue weighted by Crippen LogP contribution is -2.28. The van der Waals surface area contributed by atoms with Crippen LogP contribution in [0.2, 0.25) is 0 Å². The molecule has 1 atom stereocenters. The third-order valence-electron chi connectivity index (χ3n) is 3.79. The van der Waals surface area contributed by atoms with Crippen molar-refractivity contribution in [2.24, 2.45) is 5.92 Å². The molecule has 5 heteroatoms. The second-order valence-corrected chi connectivity index (χ2v) is 6.98. The van der Waals surface area contributed by atoms with Crippen LogP contribution in [0.5, 0.6) is 0 Å². The Hall–Kier alpha value is -0.910. The first-order valence-corrected chi connectivity index (χ1v) is 8.22. The van der Waals surface area contributed by atoms with Crippen LogP contribution in [-0.2, 0) is 16.4 Å². The van der Waals surface area contributed by atoms with Gasteiger partial charge in [-0.25, -0.2) is 8.42 Å². The summed E-state index contributed by atoms with van der Waals surface area (Å²) >= 11 is 0. The maximum Gasteiger partial charge on any atom is 0.243 e. The van der Waals surface area contributed by atoms with Gasteiger partial charge in [-0.05, 0) is 36.5 Å². The number of benzene rings is 1. The lowest BCUT2D eigenvalue weighted by Gasteiger charge is -2.16. The van der Waals surface area contributed by atoms with Crippen molar-refractivity contribution in [1.82, 2.24) is 4.31 Å². The predicted molar refractivity (Wildman–Crippen MR) is 74.4 cm³/mol. The van der Waals surface area contributed by atoms with Crippen LogP contribution in [-0.4, -0.2) is 37.5 Å². The highest BCUT2D eigenvalue weighted by Gasteiger charge is 2.31. The number of sulfonamides is 1. The highest BCUT2D eigenvalue weighted by Crippen LogP contribution is 2.26. The zero-order chi connectivity index (χ0) is 13.9. The predicted octanol–water partition coefficient (Wildman–Crippen LogP) is 1.64. The first-order valence-electron chi connectivity index (χ1n) is 6.78. The number of nitrogens with zero attached hydrogens (tertiary/aromatic N) is 1. The van der Waals surface area contributed by atoms with Crippen LogP contribution in [0.3, 0.4) is 0 Å². The summed E-state index contributed by atoms with van der Waals surface area (Å²) in [5.74, 6) is 0.489. The Kier molecular flexibility index (Phi) is 4.60. The second kappa shape index (κ2) is 6.03. The number of rotatable bonds is 5. The monoisotopic (exact) mass is 283 g/mol. The largest absolute Gasteiger partial charge is 0.396 e. The summed E-state index contributed by atoms with van der Waals surface area (Å²) < 4.78 is 26.5. The molecule has 0 radical (unpaired) electrons. The fourth-order valence-corrected chi connectivity index (χ4v) is 3.99. The molecule has 1 heterocycles. The van der Waals surface area contributed by atoms with Gasteiger partial charge in [0.25, 0.3) is 0 Å². The average molecular weight is 283 g/mol. The number of aliphatic hydroxyl groups is 1. The van der Waals surface area contributed by atoms with Crippen molar-refractivity contribution in [3.05, 3.63) is 29.8 Å². The van der Waals surface area contributed by atoms with E-state index >= 15 is 0 Å². The highest BCUT2D eigenvalue weighted by molar-refractivity contribution is 7.89. The smallest absolute Gasteiger partial charge is 0.243 e. The third kappa shape index (κ3) is 3.16. The molecular formula is C14H21NO3S. The molecule has 0 amide bonds. The molecular weight excluding hydrogens is 262 g/mol. The van der Waals surface area contributed by atoms with Crippen molar-refractivity contribution in [3.63, 3.8) is 0 Å². The van der Waals surface area contributed by atoms with Gasteiger partial charge in [-0.2, -0.15) is 4.31 Å². The van der Waals surface area contributed by atoms with Gasteiger partial charge in [0.1, 0.15) is 0 Å². The van der Waals surface area contributed by atoms with E-state index in [1.165, 1.54) is 0 Å². The van der Waals surface area contributed by atoms with Crippen molar-refractivity contribution in [2.45, 2.75) is 31.1 Å². The quantitative estimate of drug-likeness (QED) is 0.894. The van der Waals surface area contributed by atoms with Gasteiger partial charge < -0.3 is 5.11 Å². The van der Waals surface area contributed by atoms with Crippen LogP contribution in [0.4, 0.5) is 0 Å². The molecule has 1 aliphatic heterocycles. The van der Waals surface area contributed by atoms with Gasteiger partial charge in [0, 0.05) is 19.7 Å². The first-order chi connectivity index (χ1) is 9.07. The molecule has 0 aromatic heterocycles. The summed E-state index contributed by atoms with van der Waals surface area (Å²) in [6.45, 7) is 3.44. The molecule has 2 rings (SSSR count). The van der Waals surface area contributed by atoms with Crippen LogP contribution >= 0.6 is 0 Å². The van der Waals surface area contributed by atoms with E-state index in [2.05, 4.69) is 6.92 Å². The highest BCUT2D eigenvalue weighted by atomic mass is 32.2. The minimum absolute atomic E-state index is 0.0798. The molecule has 4 nitrogen and oxygen atoms in total. The van der Waals surface area contributed by atoms with E-state index < -0.39 is 10.0 Å². The summed E-state index contributed by atoms with van der Waals surface area (Å²) in [6.07, 6.45) is 2.54. The van der Waals surface area contributed by atoms with E-state index in [1.807, 2.05) is 0 Å². The van der Waals surface area contributed by atoms with Crippen LogP contribution in [0.25, 0.3) is 0 Å². The Morgan fingerprint density at radius 3 is 2.53 bits per heavy atom. The van der Waals surface area contributed by atoms with Crippen LogP contribution in [0, 0.1) is 5.92 Å². The van der Waals surface area contributed by atoms with Gasteiger partial charge in [-0.15, -0.1) is 0 Å². The second-order valence-electron chi connectivity index (χ2n) is 5.04. The van der Waals surface area contributed by atoms with E-state index in [-0.39, 0.29) is 6.61 Å². The summed E-state index contributed by atoms with van der Waals surface area (Å²) in [6, 6.07) is 6.83. The molecule has 0 aliphatic carbocycles. The number of aliphatic hydroxyl groups excluding tert-OH is 1. The topological polar surface area (TPSA) is 57.6 Å². The fourth-order valence-electron chi connectivity index (χ4n) is 2.45. The Bertz CT molecular complexity index is 510. The molecule has 1 unspecified atom stereocenters. The SMILES string of the molecule is CCC1CCN(S(=O)(=O)c2ccc(CCO)cc2)C1. The van der Waals surface area contributed by atoms with E-state index in [4.69, 9.17) is 5.11 Å². The summed E-state index contributed by atoms with van der Waals surface area (Å²) in [5.41, 5.74) is 0.953. The molecule has 1 saturated heterocycles. The Balaban J connectivity index is 2.15. The third-order valence-corrected chi connectivity index (χ3v) is 5.67. The van der Waals surface area contributed by atoms with Gasteiger partial charge in [0.15, 0.2) is 0 Å². The van der Waals surface area contributed by atoms with Crippen molar-refractivity contribution in [2.75, 3.05) is 19.7 Å². The minimum Gasteiger partial charge on any atom is -0.396 e. The van der Waals surface area contributed by atoms with Crippen molar-refractivity contribution >= 4 is 10.0 Å². The zero-order valence-corrected chi connectivity index (χ0v) is 12.1. The van der Waals surface area contributed by atoms with Gasteiger partial charge >= 0.3 is 0 Å². The zero-order valence-electron chi connectivity index (χ0n) is 11.2. The molecule has 0 saturated carbocycles. The van der Waals surface area contributed by atoms with Gasteiger partial charge in [0.05, 0.1) is 4.90 Å². The standard InChI is InChI=1S/C14H21NO3S/c1-2-12-7-9-15(11-12)19(17,18)14-5-3-13(4-6-14)8-10-16/h3-6,12,16H,2,7-11H2,1H3. The van der Waals surface area contributed by atoms with E-state index in [9.17, 15) is 8.42 Å². The maximum atomic E-state index is 12.4. The molecule has 1 aliphatic rings. The van der Waals surface area contributed by atoms with Gasteiger partial charge in [-0.1, -0.05) is 25.5 Å². The Labute approximate surface area is 115 Å². The van der Waals surface area contributed by atoms with Crippen molar-refractivity contribution in [1.29, 1.82) is 0 Å². The molecule has 1 fully saturated rings. The lowest BCUT2D eigenvalue weighted by molar-refractivity contribution is 0.299. The van der Waals surface area contributed by atoms with Crippen LogP contribution < -0.4 is 0 Å². The summed E-state index contributed by atoms with van der Waals surface area (Å²) in [4.78, 5) is 0.353. The lowest BCUT2D eigenvalue weighted by atomic mass is 10.1. The normalized spacial score (nSPS) is 20.8. The molecule has 0 bridgehead atoms. The molecule has 1 N–H and O–H groups in total. The van der Waals surface area contributed by atoms with Gasteiger partial charge in [0.2, 0.25) is 10.0 Å². The Morgan fingerprint density at radius 2 is 2.00 bits per heavy atom. The van der Waals surface area contributed by atoms with Crippen LogP contribution in [0.15, 0.2) is 29.2 Å². The van der Waals surface area contributed by atoms with Gasteiger partial charge in [-0.3, -0.25) is 0 Å². The Morgan fingerprint density at radius 1 is 1.32 bits per heavy atom. The van der Waals surface area contributed by atoms with Crippen molar-refractivity contribution in [3.8, 4) is 0 Å². The van der Waals surface area contributed by atoms with E-state index in [0.717, 1.165) is 18.4 Å². The van der Waals surface area contributed by atoms with E-state index in [0.29, 0.717) is 30.3 Å². The molecule has 19 heavy (non-hydrogen) atoms. The van der Waals surface area contributed by atoms with Crippen molar-refractivity contribution < 1.29 is 13.5 Å².